The molecule has 0 fully saturated rings. The van der Waals surface area contributed by atoms with Crippen LogP contribution in [-0.4, -0.2) is 35.9 Å². The number of rotatable bonds is 4. The molecular formula is C9H13N7O. The van der Waals surface area contributed by atoms with Crippen molar-refractivity contribution in [3.8, 4) is 0 Å². The number of aromatic amines is 1. The highest BCUT2D eigenvalue weighted by molar-refractivity contribution is 5.90. The van der Waals surface area contributed by atoms with Crippen molar-refractivity contribution in [3.63, 3.8) is 0 Å². The van der Waals surface area contributed by atoms with Gasteiger partial charge in [-0.05, 0) is 0 Å². The van der Waals surface area contributed by atoms with E-state index in [9.17, 15) is 4.79 Å². The number of nitrogens with zero attached hydrogens (tertiary/aromatic N) is 5. The standard InChI is InChI=1S/C9H13N7O/c1-3-6-12-8(14-13-6)9(17)10-4-7-11-5-16(2)15-7/h5H,3-4H2,1-2H3,(H,10,17)(H,12,13,14). The Kier molecular flexibility index (Phi) is 3.12. The van der Waals surface area contributed by atoms with Crippen LogP contribution in [0.4, 0.5) is 0 Å². The van der Waals surface area contributed by atoms with Gasteiger partial charge < -0.3 is 5.32 Å². The number of carbonyl (C=O) groups is 1. The van der Waals surface area contributed by atoms with Gasteiger partial charge in [0.25, 0.3) is 5.91 Å². The molecule has 0 saturated heterocycles. The van der Waals surface area contributed by atoms with E-state index in [2.05, 4.69) is 30.6 Å². The van der Waals surface area contributed by atoms with Crippen LogP contribution in [0.25, 0.3) is 0 Å². The van der Waals surface area contributed by atoms with Crippen molar-refractivity contribution in [2.75, 3.05) is 0 Å². The Morgan fingerprint density at radius 2 is 2.41 bits per heavy atom. The summed E-state index contributed by atoms with van der Waals surface area (Å²) in [5.41, 5.74) is 0. The van der Waals surface area contributed by atoms with Crippen molar-refractivity contribution in [2.45, 2.75) is 19.9 Å². The van der Waals surface area contributed by atoms with Crippen molar-refractivity contribution in [1.29, 1.82) is 0 Å². The third-order valence-corrected chi connectivity index (χ3v) is 2.12. The SMILES string of the molecule is CCc1nc(C(=O)NCc2ncn(C)n2)n[nH]1. The van der Waals surface area contributed by atoms with Gasteiger partial charge in [0, 0.05) is 13.5 Å². The van der Waals surface area contributed by atoms with Crippen molar-refractivity contribution < 1.29 is 4.79 Å². The van der Waals surface area contributed by atoms with Gasteiger partial charge in [0.1, 0.15) is 12.2 Å². The van der Waals surface area contributed by atoms with Crippen LogP contribution in [-0.2, 0) is 20.0 Å². The Morgan fingerprint density at radius 1 is 1.59 bits per heavy atom. The smallest absolute Gasteiger partial charge is 0.291 e. The molecule has 8 heteroatoms. The van der Waals surface area contributed by atoms with Crippen LogP contribution < -0.4 is 5.32 Å². The minimum absolute atomic E-state index is 0.137. The van der Waals surface area contributed by atoms with E-state index in [0.717, 1.165) is 0 Å². The van der Waals surface area contributed by atoms with Crippen LogP contribution in [0, 0.1) is 0 Å². The molecule has 0 bridgehead atoms. The summed E-state index contributed by atoms with van der Waals surface area (Å²) in [4.78, 5) is 19.6. The highest BCUT2D eigenvalue weighted by atomic mass is 16.2. The molecule has 2 aromatic heterocycles. The highest BCUT2D eigenvalue weighted by Gasteiger charge is 2.12. The molecule has 0 spiro atoms. The summed E-state index contributed by atoms with van der Waals surface area (Å²) in [6.45, 7) is 2.19. The topological polar surface area (TPSA) is 101 Å². The molecule has 2 rings (SSSR count). The Balaban J connectivity index is 1.93. The molecule has 17 heavy (non-hydrogen) atoms. The average molecular weight is 235 g/mol. The minimum atomic E-state index is -0.339. The third-order valence-electron chi connectivity index (χ3n) is 2.12. The maximum atomic E-state index is 11.6. The van der Waals surface area contributed by atoms with Gasteiger partial charge in [0.05, 0.1) is 6.54 Å². The monoisotopic (exact) mass is 235 g/mol. The molecule has 0 aliphatic carbocycles. The van der Waals surface area contributed by atoms with Crippen LogP contribution in [0.2, 0.25) is 0 Å². The predicted molar refractivity (Wildman–Crippen MR) is 57.9 cm³/mol. The Hall–Kier alpha value is -2.25. The van der Waals surface area contributed by atoms with Crippen LogP contribution >= 0.6 is 0 Å². The van der Waals surface area contributed by atoms with E-state index in [4.69, 9.17) is 0 Å². The molecule has 1 amide bonds. The zero-order valence-corrected chi connectivity index (χ0v) is 9.64. The molecule has 8 nitrogen and oxygen atoms in total. The molecule has 0 aromatic carbocycles. The molecule has 0 aliphatic heterocycles. The summed E-state index contributed by atoms with van der Waals surface area (Å²) < 4.78 is 1.57. The van der Waals surface area contributed by atoms with Gasteiger partial charge in [0.2, 0.25) is 5.82 Å². The largest absolute Gasteiger partial charge is 0.342 e. The Bertz CT molecular complexity index is 515. The lowest BCUT2D eigenvalue weighted by Gasteiger charge is -1.97. The molecule has 0 radical (unpaired) electrons. The van der Waals surface area contributed by atoms with Gasteiger partial charge in [-0.1, -0.05) is 6.92 Å². The fraction of sp³-hybridized carbons (Fsp3) is 0.444. The summed E-state index contributed by atoms with van der Waals surface area (Å²) in [6, 6.07) is 0. The molecular weight excluding hydrogens is 222 g/mol. The number of aromatic nitrogens is 6. The lowest BCUT2D eigenvalue weighted by atomic mass is 10.4. The first-order chi connectivity index (χ1) is 8.19. The zero-order valence-electron chi connectivity index (χ0n) is 9.64. The van der Waals surface area contributed by atoms with Crippen LogP contribution in [0.5, 0.6) is 0 Å². The number of H-pyrrole nitrogens is 1. The zero-order chi connectivity index (χ0) is 12.3. The number of hydrogen-bond donors (Lipinski definition) is 2. The molecule has 90 valence electrons. The molecule has 0 atom stereocenters. The van der Waals surface area contributed by atoms with Gasteiger partial charge in [-0.15, -0.1) is 5.10 Å². The summed E-state index contributed by atoms with van der Waals surface area (Å²) in [5.74, 6) is 1.03. The van der Waals surface area contributed by atoms with Crippen molar-refractivity contribution in [1.82, 2.24) is 35.3 Å². The second kappa shape index (κ2) is 4.73. The first-order valence-corrected chi connectivity index (χ1v) is 5.23. The summed E-state index contributed by atoms with van der Waals surface area (Å²) in [5, 5.41) is 13.2. The summed E-state index contributed by atoms with van der Waals surface area (Å²) in [7, 11) is 1.76. The van der Waals surface area contributed by atoms with Crippen molar-refractivity contribution in [3.05, 3.63) is 23.8 Å². The first-order valence-electron chi connectivity index (χ1n) is 5.23. The average Bonchev–Trinajstić information content (AvgIpc) is 2.94. The van der Waals surface area contributed by atoms with E-state index in [1.54, 1.807) is 18.1 Å². The number of amides is 1. The molecule has 2 heterocycles. The van der Waals surface area contributed by atoms with Crippen LogP contribution in [0.3, 0.4) is 0 Å². The lowest BCUT2D eigenvalue weighted by Crippen LogP contribution is -2.24. The molecule has 0 saturated carbocycles. The number of nitrogens with one attached hydrogen (secondary N) is 2. The van der Waals surface area contributed by atoms with Gasteiger partial charge in [-0.2, -0.15) is 5.10 Å². The second-order valence-corrected chi connectivity index (χ2v) is 3.48. The van der Waals surface area contributed by atoms with E-state index in [1.165, 1.54) is 0 Å². The molecule has 2 aromatic rings. The maximum Gasteiger partial charge on any atom is 0.291 e. The van der Waals surface area contributed by atoms with Crippen LogP contribution in [0.1, 0.15) is 29.2 Å². The number of hydrogen-bond acceptors (Lipinski definition) is 5. The second-order valence-electron chi connectivity index (χ2n) is 3.48. The highest BCUT2D eigenvalue weighted by Crippen LogP contribution is 1.94. The fourth-order valence-corrected chi connectivity index (χ4v) is 1.26. The van der Waals surface area contributed by atoms with Gasteiger partial charge in [-0.3, -0.25) is 14.6 Å². The predicted octanol–water partition coefficient (Wildman–Crippen LogP) is -0.574. The van der Waals surface area contributed by atoms with Crippen molar-refractivity contribution in [2.24, 2.45) is 7.05 Å². The normalized spacial score (nSPS) is 10.5. The third kappa shape index (κ3) is 2.65. The quantitative estimate of drug-likeness (QED) is 0.738. The molecule has 0 unspecified atom stereocenters. The molecule has 2 N–H and O–H groups in total. The van der Waals surface area contributed by atoms with E-state index < -0.39 is 0 Å². The fourth-order valence-electron chi connectivity index (χ4n) is 1.26. The van der Waals surface area contributed by atoms with E-state index >= 15 is 0 Å². The lowest BCUT2D eigenvalue weighted by molar-refractivity contribution is 0.0940. The Morgan fingerprint density at radius 3 is 3.00 bits per heavy atom. The number of aryl methyl sites for hydroxylation is 2. The minimum Gasteiger partial charge on any atom is -0.342 e. The first kappa shape index (κ1) is 11.2. The summed E-state index contributed by atoms with van der Waals surface area (Å²) in [6.07, 6.45) is 2.28. The maximum absolute atomic E-state index is 11.6. The van der Waals surface area contributed by atoms with Gasteiger partial charge in [-0.25, -0.2) is 9.97 Å². The van der Waals surface area contributed by atoms with E-state index in [-0.39, 0.29) is 18.3 Å². The van der Waals surface area contributed by atoms with E-state index in [0.29, 0.717) is 18.1 Å². The molecule has 0 aliphatic rings. The number of carbonyl (C=O) groups excluding carboxylic acids is 1. The van der Waals surface area contributed by atoms with E-state index in [1.807, 2.05) is 6.92 Å². The van der Waals surface area contributed by atoms with Crippen molar-refractivity contribution >= 4 is 5.91 Å². The Labute approximate surface area is 97.5 Å². The van der Waals surface area contributed by atoms with Gasteiger partial charge >= 0.3 is 0 Å². The van der Waals surface area contributed by atoms with Crippen LogP contribution in [0.15, 0.2) is 6.33 Å². The summed E-state index contributed by atoms with van der Waals surface area (Å²) >= 11 is 0. The van der Waals surface area contributed by atoms with Gasteiger partial charge in [0.15, 0.2) is 5.82 Å².